The fraction of sp³-hybridized carbons (Fsp3) is 0.875. The van der Waals surface area contributed by atoms with E-state index in [0.29, 0.717) is 5.92 Å². The molecule has 0 saturated carbocycles. The first kappa shape index (κ1) is 9.63. The molecule has 0 bridgehead atoms. The van der Waals surface area contributed by atoms with Gasteiger partial charge in [0.2, 0.25) is 0 Å². The predicted octanol–water partition coefficient (Wildman–Crippen LogP) is 1.70. The second kappa shape index (κ2) is 4.45. The first-order valence-corrected chi connectivity index (χ1v) is 3.75. The third kappa shape index (κ3) is 3.62. The van der Waals surface area contributed by atoms with E-state index in [1.165, 1.54) is 0 Å². The van der Waals surface area contributed by atoms with Gasteiger partial charge in [0.15, 0.2) is 0 Å². The summed E-state index contributed by atoms with van der Waals surface area (Å²) in [6.45, 7) is 5.87. The van der Waals surface area contributed by atoms with Crippen LogP contribution in [-0.2, 0) is 4.79 Å². The molecule has 0 rings (SSSR count). The molecule has 0 aromatic heterocycles. The van der Waals surface area contributed by atoms with Gasteiger partial charge in [-0.15, -0.1) is 0 Å². The van der Waals surface area contributed by atoms with Gasteiger partial charge in [0.1, 0.15) is 5.78 Å². The van der Waals surface area contributed by atoms with Crippen LogP contribution in [0.4, 0.5) is 0 Å². The molecule has 0 radical (unpaired) electrons. The number of Topliss-reactive ketones (excluding diaryl/α,β-unsaturated/α-hetero) is 1. The molecule has 1 unspecified atom stereocenters. The van der Waals surface area contributed by atoms with Gasteiger partial charge in [0, 0.05) is 2.85 Å². The lowest BCUT2D eigenvalue weighted by atomic mass is 10.0. The van der Waals surface area contributed by atoms with Crippen molar-refractivity contribution in [1.29, 1.82) is 0 Å². The van der Waals surface area contributed by atoms with Crippen LogP contribution >= 0.6 is 0 Å². The number of likely N-dealkylation sites (N-methyl/N-ethyl adjacent to an activating group) is 1. The summed E-state index contributed by atoms with van der Waals surface area (Å²) in [5.74, 6) is 0.817. The van der Waals surface area contributed by atoms with Gasteiger partial charge in [-0.1, -0.05) is 13.8 Å². The number of carbonyl (C=O) groups is 1. The summed E-state index contributed by atoms with van der Waals surface area (Å²) < 4.78 is 0. The quantitative estimate of drug-likeness (QED) is 0.655. The molecule has 2 nitrogen and oxygen atoms in total. The molecule has 0 spiro atoms. The highest BCUT2D eigenvalue weighted by Gasteiger charge is 2.12. The third-order valence-electron chi connectivity index (χ3n) is 1.55. The summed E-state index contributed by atoms with van der Waals surface area (Å²) in [7, 11) is 1.83. The number of nitrogens with one attached hydrogen (secondary N) is 1. The molecule has 64 valence electrons. The molecular formula is C8H21NO. The van der Waals surface area contributed by atoms with Crippen molar-refractivity contribution in [2.75, 3.05) is 7.05 Å². The fourth-order valence-electron chi connectivity index (χ4n) is 0.958. The Balaban J connectivity index is -0.000000405. The van der Waals surface area contributed by atoms with Crippen molar-refractivity contribution >= 4 is 5.78 Å². The van der Waals surface area contributed by atoms with Crippen LogP contribution in [0, 0.1) is 5.92 Å². The molecule has 1 N–H and O–H groups in total. The van der Waals surface area contributed by atoms with Gasteiger partial charge in [0.25, 0.3) is 0 Å². The Morgan fingerprint density at radius 2 is 2.10 bits per heavy atom. The van der Waals surface area contributed by atoms with Crippen molar-refractivity contribution in [3.8, 4) is 0 Å². The minimum absolute atomic E-state index is 0. The largest absolute Gasteiger partial charge is 0.311 e. The average Bonchev–Trinajstić information content (AvgIpc) is 1.81. The topological polar surface area (TPSA) is 29.1 Å². The van der Waals surface area contributed by atoms with Crippen LogP contribution in [0.1, 0.15) is 30.0 Å². The lowest BCUT2D eigenvalue weighted by Gasteiger charge is -2.14. The average molecular weight is 147 g/mol. The third-order valence-corrected chi connectivity index (χ3v) is 1.55. The van der Waals surface area contributed by atoms with Crippen molar-refractivity contribution in [3.05, 3.63) is 0 Å². The smallest absolute Gasteiger partial charge is 0.146 e. The second-order valence-electron chi connectivity index (χ2n) is 3.08. The van der Waals surface area contributed by atoms with Gasteiger partial charge in [0.05, 0.1) is 6.04 Å². The standard InChI is InChI=1S/C8H17NO.2H2/c1-6(2)5-8(9-4)7(3)10;;/h6,8-9H,5H2,1-4H3;2*1H. The van der Waals surface area contributed by atoms with E-state index in [2.05, 4.69) is 19.2 Å². The van der Waals surface area contributed by atoms with Crippen LogP contribution < -0.4 is 5.32 Å². The molecule has 0 fully saturated rings. The van der Waals surface area contributed by atoms with E-state index in [4.69, 9.17) is 0 Å². The summed E-state index contributed by atoms with van der Waals surface area (Å²) in [6, 6.07) is 0.0556. The lowest BCUT2D eigenvalue weighted by Crippen LogP contribution is -2.33. The molecule has 2 heteroatoms. The number of hydrogen-bond donors (Lipinski definition) is 1. The van der Waals surface area contributed by atoms with Crippen LogP contribution in [-0.4, -0.2) is 18.9 Å². The van der Waals surface area contributed by atoms with Crippen LogP contribution in [0.15, 0.2) is 0 Å². The number of ketones is 1. The van der Waals surface area contributed by atoms with Crippen molar-refractivity contribution < 1.29 is 7.65 Å². The second-order valence-corrected chi connectivity index (χ2v) is 3.08. The first-order chi connectivity index (χ1) is 4.57. The van der Waals surface area contributed by atoms with Gasteiger partial charge >= 0.3 is 0 Å². The number of rotatable bonds is 4. The maximum absolute atomic E-state index is 10.8. The van der Waals surface area contributed by atoms with Gasteiger partial charge in [-0.25, -0.2) is 0 Å². The molecule has 0 aliphatic carbocycles. The highest BCUT2D eigenvalue weighted by molar-refractivity contribution is 5.81. The number of hydrogen-bond acceptors (Lipinski definition) is 2. The van der Waals surface area contributed by atoms with Crippen molar-refractivity contribution in [2.45, 2.75) is 33.2 Å². The van der Waals surface area contributed by atoms with Crippen LogP contribution in [0.2, 0.25) is 0 Å². The fourth-order valence-corrected chi connectivity index (χ4v) is 0.958. The summed E-state index contributed by atoms with van der Waals surface area (Å²) >= 11 is 0. The molecular weight excluding hydrogens is 126 g/mol. The summed E-state index contributed by atoms with van der Waals surface area (Å²) in [5.41, 5.74) is 0. The maximum atomic E-state index is 10.8. The number of carbonyl (C=O) groups excluding carboxylic acids is 1. The van der Waals surface area contributed by atoms with Crippen molar-refractivity contribution in [3.63, 3.8) is 0 Å². The molecule has 0 amide bonds. The van der Waals surface area contributed by atoms with E-state index in [0.717, 1.165) is 6.42 Å². The zero-order chi connectivity index (χ0) is 8.15. The van der Waals surface area contributed by atoms with Crippen LogP contribution in [0.3, 0.4) is 0 Å². The molecule has 0 aliphatic heterocycles. The molecule has 0 aliphatic rings. The van der Waals surface area contributed by atoms with Crippen LogP contribution in [0.5, 0.6) is 0 Å². The van der Waals surface area contributed by atoms with Crippen molar-refractivity contribution in [2.24, 2.45) is 5.92 Å². The Labute approximate surface area is 66.0 Å². The lowest BCUT2D eigenvalue weighted by molar-refractivity contribution is -0.119. The summed E-state index contributed by atoms with van der Waals surface area (Å²) in [5, 5.41) is 2.98. The summed E-state index contributed by atoms with van der Waals surface area (Å²) in [6.07, 6.45) is 0.936. The Morgan fingerprint density at radius 3 is 2.20 bits per heavy atom. The van der Waals surface area contributed by atoms with Gasteiger partial charge in [-0.3, -0.25) is 4.79 Å². The molecule has 0 aromatic carbocycles. The maximum Gasteiger partial charge on any atom is 0.146 e. The normalized spacial score (nSPS) is 13.7. The SMILES string of the molecule is CNC(CC(C)C)C(C)=O.[HH].[HH]. The highest BCUT2D eigenvalue weighted by atomic mass is 16.1. The zero-order valence-corrected chi connectivity index (χ0v) is 7.27. The van der Waals surface area contributed by atoms with E-state index in [1.54, 1.807) is 6.92 Å². The Hall–Kier alpha value is -0.370. The van der Waals surface area contributed by atoms with Gasteiger partial charge < -0.3 is 5.32 Å². The molecule has 10 heavy (non-hydrogen) atoms. The Kier molecular flexibility index (Phi) is 4.28. The van der Waals surface area contributed by atoms with E-state index >= 15 is 0 Å². The van der Waals surface area contributed by atoms with Gasteiger partial charge in [-0.05, 0) is 26.3 Å². The predicted molar refractivity (Wildman–Crippen MR) is 47.2 cm³/mol. The Bertz CT molecular complexity index is 118. The first-order valence-electron chi connectivity index (χ1n) is 3.75. The monoisotopic (exact) mass is 147 g/mol. The molecule has 0 saturated heterocycles. The highest BCUT2D eigenvalue weighted by Crippen LogP contribution is 2.04. The van der Waals surface area contributed by atoms with E-state index < -0.39 is 0 Å². The zero-order valence-electron chi connectivity index (χ0n) is 7.27. The van der Waals surface area contributed by atoms with Crippen LogP contribution in [0.25, 0.3) is 0 Å². The minimum atomic E-state index is 0. The van der Waals surface area contributed by atoms with E-state index in [9.17, 15) is 4.79 Å². The van der Waals surface area contributed by atoms with Gasteiger partial charge in [-0.2, -0.15) is 0 Å². The molecule has 1 atom stereocenters. The molecule has 0 heterocycles. The minimum Gasteiger partial charge on any atom is -0.311 e. The van der Waals surface area contributed by atoms with Crippen molar-refractivity contribution in [1.82, 2.24) is 5.32 Å². The van der Waals surface area contributed by atoms with E-state index in [-0.39, 0.29) is 14.7 Å². The summed E-state index contributed by atoms with van der Waals surface area (Å²) in [4.78, 5) is 10.8. The Morgan fingerprint density at radius 1 is 1.60 bits per heavy atom. The van der Waals surface area contributed by atoms with E-state index in [1.807, 2.05) is 7.05 Å². The molecule has 0 aromatic rings.